The number of aliphatic imine (C=N–C) groups is 1. The molecule has 9 heteroatoms. The lowest BCUT2D eigenvalue weighted by Gasteiger charge is -2.33. The minimum absolute atomic E-state index is 0. The van der Waals surface area contributed by atoms with Gasteiger partial charge in [-0.3, -0.25) is 9.79 Å². The standard InChI is InChI=1S/C15H29N3O4S.HI/c1-15(2,3)23(20,21)11-8-17-14(16-4)18-9-6-12(7-10-18)13(19)22-5;/h12H,6-11H2,1-5H3,(H,16,17);1H. The number of rotatable bonds is 4. The first kappa shape index (κ1) is 23.4. The van der Waals surface area contributed by atoms with Crippen LogP contribution in [0.1, 0.15) is 33.6 Å². The Labute approximate surface area is 162 Å². The van der Waals surface area contributed by atoms with Crippen molar-refractivity contribution in [2.24, 2.45) is 10.9 Å². The summed E-state index contributed by atoms with van der Waals surface area (Å²) in [6.45, 7) is 6.83. The molecule has 7 nitrogen and oxygen atoms in total. The molecule has 0 bridgehead atoms. The van der Waals surface area contributed by atoms with Crippen molar-refractivity contribution in [3.8, 4) is 0 Å². The molecule has 1 fully saturated rings. The van der Waals surface area contributed by atoms with E-state index in [9.17, 15) is 13.2 Å². The summed E-state index contributed by atoms with van der Waals surface area (Å²) in [5, 5.41) is 3.11. The van der Waals surface area contributed by atoms with Gasteiger partial charge in [0.15, 0.2) is 15.8 Å². The predicted octanol–water partition coefficient (Wildman–Crippen LogP) is 1.28. The van der Waals surface area contributed by atoms with Gasteiger partial charge < -0.3 is 15.0 Å². The molecule has 0 aromatic carbocycles. The molecule has 1 N–H and O–H groups in total. The Morgan fingerprint density at radius 3 is 2.25 bits per heavy atom. The second kappa shape index (κ2) is 9.79. The number of hydrogen-bond donors (Lipinski definition) is 1. The summed E-state index contributed by atoms with van der Waals surface area (Å²) in [4.78, 5) is 17.8. The zero-order valence-corrected chi connectivity index (χ0v) is 18.3. The Kier molecular flexibility index (Phi) is 9.55. The molecular formula is C15H30IN3O4S. The molecule has 1 heterocycles. The number of nitrogens with zero attached hydrogens (tertiary/aromatic N) is 2. The summed E-state index contributed by atoms with van der Waals surface area (Å²) in [5.74, 6) is 0.519. The second-order valence-corrected chi connectivity index (χ2v) is 9.55. The van der Waals surface area contributed by atoms with Crippen LogP contribution in [0.4, 0.5) is 0 Å². The number of carbonyl (C=O) groups is 1. The molecule has 142 valence electrons. The third kappa shape index (κ3) is 6.38. The fraction of sp³-hybridized carbons (Fsp3) is 0.867. The maximum Gasteiger partial charge on any atom is 0.308 e. The van der Waals surface area contributed by atoms with Crippen LogP contribution in [0.5, 0.6) is 0 Å². The minimum Gasteiger partial charge on any atom is -0.469 e. The Bertz CT molecular complexity index is 535. The normalized spacial score (nSPS) is 17.2. The van der Waals surface area contributed by atoms with Gasteiger partial charge in [0.25, 0.3) is 0 Å². The van der Waals surface area contributed by atoms with Gasteiger partial charge >= 0.3 is 5.97 Å². The number of esters is 1. The third-order valence-corrected chi connectivity index (χ3v) is 6.74. The maximum atomic E-state index is 12.1. The molecule has 1 rings (SSSR count). The largest absolute Gasteiger partial charge is 0.469 e. The Hall–Kier alpha value is -0.580. The van der Waals surface area contributed by atoms with Crippen molar-refractivity contribution in [2.45, 2.75) is 38.4 Å². The van der Waals surface area contributed by atoms with E-state index in [1.54, 1.807) is 27.8 Å². The molecule has 1 aliphatic heterocycles. The zero-order chi connectivity index (χ0) is 17.7. The van der Waals surface area contributed by atoms with Gasteiger partial charge in [-0.15, -0.1) is 24.0 Å². The first-order valence-corrected chi connectivity index (χ1v) is 9.53. The number of halogens is 1. The number of likely N-dealkylation sites (tertiary alicyclic amines) is 1. The Balaban J connectivity index is 0.00000529. The highest BCUT2D eigenvalue weighted by Gasteiger charge is 2.29. The van der Waals surface area contributed by atoms with E-state index in [0.29, 0.717) is 38.4 Å². The number of ether oxygens (including phenoxy) is 1. The summed E-state index contributed by atoms with van der Waals surface area (Å²) in [6, 6.07) is 0. The van der Waals surface area contributed by atoms with Gasteiger partial charge in [0.2, 0.25) is 0 Å². The van der Waals surface area contributed by atoms with E-state index in [-0.39, 0.29) is 41.6 Å². The van der Waals surface area contributed by atoms with Gasteiger partial charge in [0.05, 0.1) is 23.5 Å². The Morgan fingerprint density at radius 2 is 1.83 bits per heavy atom. The van der Waals surface area contributed by atoms with Gasteiger partial charge in [-0.25, -0.2) is 8.42 Å². The van der Waals surface area contributed by atoms with E-state index in [0.717, 1.165) is 0 Å². The zero-order valence-electron chi connectivity index (χ0n) is 15.2. The molecule has 0 saturated carbocycles. The molecule has 1 saturated heterocycles. The molecular weight excluding hydrogens is 445 g/mol. The quantitative estimate of drug-likeness (QED) is 0.285. The smallest absolute Gasteiger partial charge is 0.308 e. The number of nitrogens with one attached hydrogen (secondary N) is 1. The van der Waals surface area contributed by atoms with Crippen LogP contribution in [0.3, 0.4) is 0 Å². The molecule has 0 aromatic heterocycles. The molecule has 0 aliphatic carbocycles. The van der Waals surface area contributed by atoms with E-state index >= 15 is 0 Å². The summed E-state index contributed by atoms with van der Waals surface area (Å²) in [7, 11) is -0.0718. The topological polar surface area (TPSA) is 88.1 Å². The van der Waals surface area contributed by atoms with Crippen LogP contribution < -0.4 is 5.32 Å². The highest BCUT2D eigenvalue weighted by Crippen LogP contribution is 2.18. The van der Waals surface area contributed by atoms with E-state index < -0.39 is 14.6 Å². The van der Waals surface area contributed by atoms with E-state index in [2.05, 4.69) is 10.3 Å². The molecule has 0 radical (unpaired) electrons. The van der Waals surface area contributed by atoms with Crippen molar-refractivity contribution >= 4 is 45.7 Å². The average molecular weight is 475 g/mol. The van der Waals surface area contributed by atoms with Crippen LogP contribution >= 0.6 is 24.0 Å². The number of guanidine groups is 1. The number of piperidine rings is 1. The lowest BCUT2D eigenvalue weighted by Crippen LogP contribution is -2.48. The predicted molar refractivity (Wildman–Crippen MR) is 107 cm³/mol. The van der Waals surface area contributed by atoms with Crippen molar-refractivity contribution in [1.82, 2.24) is 10.2 Å². The average Bonchev–Trinajstić information content (AvgIpc) is 2.50. The van der Waals surface area contributed by atoms with E-state index in [1.807, 2.05) is 4.90 Å². The van der Waals surface area contributed by atoms with Gasteiger partial charge in [-0.1, -0.05) is 0 Å². The molecule has 1 aliphatic rings. The second-order valence-electron chi connectivity index (χ2n) is 6.69. The van der Waals surface area contributed by atoms with Crippen molar-refractivity contribution in [1.29, 1.82) is 0 Å². The molecule has 0 atom stereocenters. The highest BCUT2D eigenvalue weighted by atomic mass is 127. The van der Waals surface area contributed by atoms with Crippen molar-refractivity contribution < 1.29 is 17.9 Å². The van der Waals surface area contributed by atoms with Gasteiger partial charge in [0, 0.05) is 26.7 Å². The molecule has 0 aromatic rings. The van der Waals surface area contributed by atoms with Crippen LogP contribution in [-0.4, -0.2) is 69.5 Å². The highest BCUT2D eigenvalue weighted by molar-refractivity contribution is 14.0. The lowest BCUT2D eigenvalue weighted by molar-refractivity contribution is -0.146. The maximum absolute atomic E-state index is 12.1. The summed E-state index contributed by atoms with van der Waals surface area (Å²) < 4.78 is 28.2. The van der Waals surface area contributed by atoms with Gasteiger partial charge in [-0.2, -0.15) is 0 Å². The van der Waals surface area contributed by atoms with Crippen LogP contribution in [0.25, 0.3) is 0 Å². The van der Waals surface area contributed by atoms with Crippen LogP contribution in [0, 0.1) is 5.92 Å². The fourth-order valence-electron chi connectivity index (χ4n) is 2.43. The third-order valence-electron chi connectivity index (χ3n) is 4.13. The van der Waals surface area contributed by atoms with Gasteiger partial charge in [-0.05, 0) is 33.6 Å². The fourth-order valence-corrected chi connectivity index (χ4v) is 3.41. The molecule has 0 spiro atoms. The lowest BCUT2D eigenvalue weighted by atomic mass is 9.97. The monoisotopic (exact) mass is 475 g/mol. The van der Waals surface area contributed by atoms with Crippen LogP contribution in [0.15, 0.2) is 4.99 Å². The minimum atomic E-state index is -3.15. The van der Waals surface area contributed by atoms with E-state index in [4.69, 9.17) is 4.74 Å². The SMILES string of the molecule is CN=C(NCCS(=O)(=O)C(C)(C)C)N1CCC(C(=O)OC)CC1.I. The molecule has 24 heavy (non-hydrogen) atoms. The van der Waals surface area contributed by atoms with Crippen LogP contribution in [0.2, 0.25) is 0 Å². The van der Waals surface area contributed by atoms with Crippen molar-refractivity contribution in [3.05, 3.63) is 0 Å². The summed E-state index contributed by atoms with van der Waals surface area (Å²) >= 11 is 0. The molecule has 0 unspecified atom stereocenters. The number of methoxy groups -OCH3 is 1. The summed E-state index contributed by atoms with van der Waals surface area (Å²) in [6.07, 6.45) is 1.43. The first-order chi connectivity index (χ1) is 10.6. The van der Waals surface area contributed by atoms with E-state index in [1.165, 1.54) is 7.11 Å². The number of hydrogen-bond acceptors (Lipinski definition) is 5. The molecule has 0 amide bonds. The summed E-state index contributed by atoms with van der Waals surface area (Å²) in [5.41, 5.74) is 0. The number of sulfone groups is 1. The van der Waals surface area contributed by atoms with Crippen LogP contribution in [-0.2, 0) is 19.4 Å². The van der Waals surface area contributed by atoms with Crippen molar-refractivity contribution in [3.63, 3.8) is 0 Å². The first-order valence-electron chi connectivity index (χ1n) is 7.88. The van der Waals surface area contributed by atoms with Gasteiger partial charge in [0.1, 0.15) is 0 Å². The Morgan fingerprint density at radius 1 is 1.29 bits per heavy atom. The number of carbonyl (C=O) groups excluding carboxylic acids is 1. The van der Waals surface area contributed by atoms with Crippen molar-refractivity contribution in [2.75, 3.05) is 39.5 Å².